The van der Waals surface area contributed by atoms with Gasteiger partial charge < -0.3 is 20.0 Å². The third-order valence-electron chi connectivity index (χ3n) is 4.44. The molecule has 0 saturated carbocycles. The van der Waals surface area contributed by atoms with Crippen molar-refractivity contribution in [1.29, 1.82) is 0 Å². The van der Waals surface area contributed by atoms with Crippen LogP contribution in [-0.2, 0) is 9.59 Å². The number of nitrogens with one attached hydrogen (secondary N) is 2. The van der Waals surface area contributed by atoms with E-state index in [4.69, 9.17) is 11.6 Å². The van der Waals surface area contributed by atoms with Crippen molar-refractivity contribution in [3.8, 4) is 0 Å². The van der Waals surface area contributed by atoms with E-state index in [1.807, 2.05) is 20.8 Å². The Bertz CT molecular complexity index is 709. The van der Waals surface area contributed by atoms with Crippen LogP contribution in [-0.4, -0.2) is 84.4 Å². The van der Waals surface area contributed by atoms with Gasteiger partial charge in [0, 0.05) is 18.8 Å². The number of likely N-dealkylation sites (N-methyl/N-ethyl adjacent to an activating group) is 1. The van der Waals surface area contributed by atoms with Crippen molar-refractivity contribution in [3.05, 3.63) is 29.0 Å². The van der Waals surface area contributed by atoms with E-state index in [1.54, 1.807) is 24.1 Å². The lowest BCUT2D eigenvalue weighted by Gasteiger charge is -2.33. The van der Waals surface area contributed by atoms with Gasteiger partial charge in [-0.3, -0.25) is 14.4 Å². The number of piperazine rings is 1. The number of quaternary nitrogens is 1. The zero-order chi connectivity index (χ0) is 20.9. The standard InChI is InChI=1S/C19H28ClN5O3/c1-19(2,3)22-16(26)12-24-7-9-25(10-8-24)17(27)13-23(4)18(28)14-5-6-15(20)21-11-14/h5-6,11H,7-10,12-13H2,1-4H3,(H,22,26)/p+1. The van der Waals surface area contributed by atoms with Crippen LogP contribution in [0.4, 0.5) is 0 Å². The summed E-state index contributed by atoms with van der Waals surface area (Å²) < 4.78 is 0. The Morgan fingerprint density at radius 3 is 2.43 bits per heavy atom. The van der Waals surface area contributed by atoms with E-state index in [9.17, 15) is 14.4 Å². The predicted octanol–water partition coefficient (Wildman–Crippen LogP) is -0.551. The highest BCUT2D eigenvalue weighted by Gasteiger charge is 2.27. The molecule has 0 aliphatic carbocycles. The highest BCUT2D eigenvalue weighted by molar-refractivity contribution is 6.29. The van der Waals surface area contributed by atoms with Gasteiger partial charge in [-0.05, 0) is 32.9 Å². The molecule has 1 aliphatic heterocycles. The SMILES string of the molecule is CN(CC(=O)N1CC[NH+](CC(=O)NC(C)(C)C)CC1)C(=O)c1ccc(Cl)nc1. The van der Waals surface area contributed by atoms with Gasteiger partial charge in [0.05, 0.1) is 38.3 Å². The van der Waals surface area contributed by atoms with Gasteiger partial charge in [-0.2, -0.15) is 0 Å². The maximum atomic E-state index is 12.5. The van der Waals surface area contributed by atoms with Crippen LogP contribution in [0.3, 0.4) is 0 Å². The fourth-order valence-electron chi connectivity index (χ4n) is 3.04. The summed E-state index contributed by atoms with van der Waals surface area (Å²) >= 11 is 5.73. The number of rotatable bonds is 5. The van der Waals surface area contributed by atoms with Gasteiger partial charge in [-0.1, -0.05) is 11.6 Å². The Balaban J connectivity index is 1.79. The summed E-state index contributed by atoms with van der Waals surface area (Å²) in [7, 11) is 1.59. The van der Waals surface area contributed by atoms with Gasteiger partial charge in [0.15, 0.2) is 6.54 Å². The van der Waals surface area contributed by atoms with Crippen LogP contribution in [0.2, 0.25) is 5.15 Å². The number of hydrogen-bond acceptors (Lipinski definition) is 4. The quantitative estimate of drug-likeness (QED) is 0.638. The summed E-state index contributed by atoms with van der Waals surface area (Å²) in [5.74, 6) is -0.360. The fourth-order valence-corrected chi connectivity index (χ4v) is 3.15. The summed E-state index contributed by atoms with van der Waals surface area (Å²) in [5, 5.41) is 3.27. The molecular formula is C19H29ClN5O3+. The molecule has 154 valence electrons. The average molecular weight is 411 g/mol. The van der Waals surface area contributed by atoms with Gasteiger partial charge in [-0.25, -0.2) is 4.98 Å². The Morgan fingerprint density at radius 1 is 1.25 bits per heavy atom. The monoisotopic (exact) mass is 410 g/mol. The molecule has 9 heteroatoms. The minimum atomic E-state index is -0.277. The second-order valence-electron chi connectivity index (χ2n) is 8.14. The van der Waals surface area contributed by atoms with Gasteiger partial charge in [0.25, 0.3) is 11.8 Å². The van der Waals surface area contributed by atoms with Crippen molar-refractivity contribution in [2.24, 2.45) is 0 Å². The van der Waals surface area contributed by atoms with Gasteiger partial charge in [-0.15, -0.1) is 0 Å². The molecule has 2 N–H and O–H groups in total. The Hall–Kier alpha value is -2.19. The molecule has 28 heavy (non-hydrogen) atoms. The van der Waals surface area contributed by atoms with E-state index >= 15 is 0 Å². The smallest absolute Gasteiger partial charge is 0.275 e. The molecule has 0 unspecified atom stereocenters. The molecule has 0 spiro atoms. The number of halogens is 1. The van der Waals surface area contributed by atoms with E-state index < -0.39 is 0 Å². The molecule has 1 aromatic heterocycles. The number of hydrogen-bond donors (Lipinski definition) is 2. The summed E-state index contributed by atoms with van der Waals surface area (Å²) in [5.41, 5.74) is 0.143. The van der Waals surface area contributed by atoms with Crippen LogP contribution >= 0.6 is 11.6 Å². The third-order valence-corrected chi connectivity index (χ3v) is 4.67. The molecule has 0 bridgehead atoms. The number of amides is 3. The number of carbonyl (C=O) groups is 3. The van der Waals surface area contributed by atoms with Crippen molar-refractivity contribution < 1.29 is 19.3 Å². The van der Waals surface area contributed by atoms with Crippen molar-refractivity contribution in [2.45, 2.75) is 26.3 Å². The molecule has 0 atom stereocenters. The van der Waals surface area contributed by atoms with Crippen molar-refractivity contribution >= 4 is 29.3 Å². The van der Waals surface area contributed by atoms with Crippen molar-refractivity contribution in [2.75, 3.05) is 46.3 Å². The highest BCUT2D eigenvalue weighted by Crippen LogP contribution is 2.08. The largest absolute Gasteiger partial charge is 0.347 e. The van der Waals surface area contributed by atoms with Crippen molar-refractivity contribution in [3.63, 3.8) is 0 Å². The molecular weight excluding hydrogens is 382 g/mol. The third kappa shape index (κ3) is 6.76. The van der Waals surface area contributed by atoms with E-state index in [0.717, 1.165) is 4.90 Å². The zero-order valence-corrected chi connectivity index (χ0v) is 17.7. The van der Waals surface area contributed by atoms with Crippen LogP contribution < -0.4 is 10.2 Å². The molecule has 8 nitrogen and oxygen atoms in total. The van der Waals surface area contributed by atoms with Gasteiger partial charge in [0.2, 0.25) is 5.91 Å². The van der Waals surface area contributed by atoms with Crippen LogP contribution in [0, 0.1) is 0 Å². The van der Waals surface area contributed by atoms with Crippen LogP contribution in [0.1, 0.15) is 31.1 Å². The molecule has 0 aromatic carbocycles. The maximum absolute atomic E-state index is 12.5. The van der Waals surface area contributed by atoms with Crippen LogP contribution in [0.15, 0.2) is 18.3 Å². The second kappa shape index (κ2) is 9.34. The predicted molar refractivity (Wildman–Crippen MR) is 106 cm³/mol. The topological polar surface area (TPSA) is 87.0 Å². The van der Waals surface area contributed by atoms with E-state index in [-0.39, 0.29) is 29.8 Å². The minimum absolute atomic E-state index is 0.00129. The van der Waals surface area contributed by atoms with Crippen LogP contribution in [0.25, 0.3) is 0 Å². The lowest BCUT2D eigenvalue weighted by molar-refractivity contribution is -0.896. The summed E-state index contributed by atoms with van der Waals surface area (Å²) in [4.78, 5) is 45.1. The summed E-state index contributed by atoms with van der Waals surface area (Å²) in [6.07, 6.45) is 1.40. The molecule has 0 radical (unpaired) electrons. The fraction of sp³-hybridized carbons (Fsp3) is 0.579. The number of carbonyl (C=O) groups excluding carboxylic acids is 3. The lowest BCUT2D eigenvalue weighted by atomic mass is 10.1. The second-order valence-corrected chi connectivity index (χ2v) is 8.52. The van der Waals surface area contributed by atoms with E-state index in [1.165, 1.54) is 11.1 Å². The van der Waals surface area contributed by atoms with E-state index in [0.29, 0.717) is 43.4 Å². The summed E-state index contributed by atoms with van der Waals surface area (Å²) in [6.45, 7) is 8.83. The molecule has 1 saturated heterocycles. The zero-order valence-electron chi connectivity index (χ0n) is 16.9. The van der Waals surface area contributed by atoms with Gasteiger partial charge in [0.1, 0.15) is 5.15 Å². The molecule has 1 aliphatic rings. The Labute approximate surface area is 170 Å². The molecule has 3 amide bonds. The Kier molecular flexibility index (Phi) is 7.37. The summed E-state index contributed by atoms with van der Waals surface area (Å²) in [6, 6.07) is 3.13. The van der Waals surface area contributed by atoms with Crippen LogP contribution in [0.5, 0.6) is 0 Å². The first-order valence-corrected chi connectivity index (χ1v) is 9.72. The first kappa shape index (κ1) is 22.1. The average Bonchev–Trinajstić information content (AvgIpc) is 2.60. The normalized spacial score (nSPS) is 15.2. The number of aromatic nitrogens is 1. The highest BCUT2D eigenvalue weighted by atomic mass is 35.5. The molecule has 1 fully saturated rings. The molecule has 2 heterocycles. The van der Waals surface area contributed by atoms with E-state index in [2.05, 4.69) is 10.3 Å². The number of nitrogens with zero attached hydrogens (tertiary/aromatic N) is 3. The first-order chi connectivity index (χ1) is 13.0. The lowest BCUT2D eigenvalue weighted by Crippen LogP contribution is -3.16. The maximum Gasteiger partial charge on any atom is 0.275 e. The number of pyridine rings is 1. The van der Waals surface area contributed by atoms with Gasteiger partial charge >= 0.3 is 0 Å². The molecule has 1 aromatic rings. The first-order valence-electron chi connectivity index (χ1n) is 9.34. The Morgan fingerprint density at radius 2 is 1.89 bits per heavy atom. The molecule has 2 rings (SSSR count). The van der Waals surface area contributed by atoms with Crippen molar-refractivity contribution in [1.82, 2.24) is 20.1 Å². The minimum Gasteiger partial charge on any atom is -0.347 e.